The molecule has 1 amide bonds. The number of hydrogen-bond donors (Lipinski definition) is 3. The van der Waals surface area contributed by atoms with Crippen LogP contribution >= 0.6 is 0 Å². The molecule has 1 aromatic carbocycles. The Morgan fingerprint density at radius 1 is 1.12 bits per heavy atom. The molecule has 4 nitrogen and oxygen atoms in total. The van der Waals surface area contributed by atoms with E-state index in [4.69, 9.17) is 5.73 Å². The highest BCUT2D eigenvalue weighted by Gasteiger charge is 2.51. The van der Waals surface area contributed by atoms with Crippen LogP contribution in [-0.4, -0.2) is 11.0 Å². The Labute approximate surface area is 150 Å². The van der Waals surface area contributed by atoms with Gasteiger partial charge in [0, 0.05) is 6.42 Å². The molecule has 4 aliphatic carbocycles. The zero-order valence-electron chi connectivity index (χ0n) is 15.1. The Bertz CT molecular complexity index is 603. The minimum absolute atomic E-state index is 0.0228. The molecule has 0 spiro atoms. The summed E-state index contributed by atoms with van der Waals surface area (Å²) in [5.74, 6) is 2.84. The molecule has 136 valence electrons. The molecule has 1 aromatic rings. The molecule has 5 rings (SSSR count). The van der Waals surface area contributed by atoms with Crippen LogP contribution in [0.1, 0.15) is 75.3 Å². The van der Waals surface area contributed by atoms with E-state index in [1.54, 1.807) is 0 Å². The van der Waals surface area contributed by atoms with Crippen molar-refractivity contribution in [2.24, 2.45) is 28.9 Å². The van der Waals surface area contributed by atoms with Crippen LogP contribution < -0.4 is 11.1 Å². The van der Waals surface area contributed by atoms with Crippen LogP contribution in [0, 0.1) is 23.2 Å². The SMILES string of the molecule is CC(NC(=O)CC12CC3CC(CC(C3)C1)C2)c1ccc(C(N)O)cc1. The summed E-state index contributed by atoms with van der Waals surface area (Å²) in [6.07, 6.45) is 7.79. The lowest BCUT2D eigenvalue weighted by Gasteiger charge is -2.56. The highest BCUT2D eigenvalue weighted by atomic mass is 16.3. The Balaban J connectivity index is 1.37. The van der Waals surface area contributed by atoms with Gasteiger partial charge in [0.05, 0.1) is 6.04 Å². The van der Waals surface area contributed by atoms with E-state index < -0.39 is 6.23 Å². The molecule has 0 saturated heterocycles. The quantitative estimate of drug-likeness (QED) is 0.718. The van der Waals surface area contributed by atoms with Gasteiger partial charge in [0.2, 0.25) is 5.91 Å². The smallest absolute Gasteiger partial charge is 0.221 e. The first-order chi connectivity index (χ1) is 11.9. The fourth-order valence-corrected chi connectivity index (χ4v) is 6.20. The predicted molar refractivity (Wildman–Crippen MR) is 97.4 cm³/mol. The maximum Gasteiger partial charge on any atom is 0.221 e. The first kappa shape index (κ1) is 17.0. The number of carbonyl (C=O) groups excluding carboxylic acids is 1. The Hall–Kier alpha value is -1.39. The third kappa shape index (κ3) is 3.47. The first-order valence-corrected chi connectivity index (χ1v) is 9.75. The Morgan fingerprint density at radius 2 is 1.60 bits per heavy atom. The molecule has 0 aliphatic heterocycles. The highest BCUT2D eigenvalue weighted by molar-refractivity contribution is 5.77. The standard InChI is InChI=1S/C21H30N2O2/c1-13(17-2-4-18(5-3-17)20(22)25)23-19(24)12-21-9-14-6-15(10-21)8-16(7-14)11-21/h2-5,13-16,20,25H,6-12,22H2,1H3,(H,23,24). The van der Waals surface area contributed by atoms with Crippen LogP contribution in [-0.2, 0) is 4.79 Å². The zero-order chi connectivity index (χ0) is 17.6. The van der Waals surface area contributed by atoms with E-state index in [-0.39, 0.29) is 17.4 Å². The second kappa shape index (κ2) is 6.40. The second-order valence-corrected chi connectivity index (χ2v) is 9.00. The third-order valence-electron chi connectivity index (χ3n) is 6.86. The average molecular weight is 342 g/mol. The minimum Gasteiger partial charge on any atom is -0.375 e. The largest absolute Gasteiger partial charge is 0.375 e. The van der Waals surface area contributed by atoms with Gasteiger partial charge in [-0.15, -0.1) is 0 Å². The van der Waals surface area contributed by atoms with Crippen molar-refractivity contribution in [1.29, 1.82) is 0 Å². The van der Waals surface area contributed by atoms with Crippen molar-refractivity contribution in [3.8, 4) is 0 Å². The van der Waals surface area contributed by atoms with Crippen molar-refractivity contribution < 1.29 is 9.90 Å². The Morgan fingerprint density at radius 3 is 2.08 bits per heavy atom. The van der Waals surface area contributed by atoms with Crippen LogP contribution in [0.3, 0.4) is 0 Å². The van der Waals surface area contributed by atoms with Crippen LogP contribution in [0.5, 0.6) is 0 Å². The van der Waals surface area contributed by atoms with Gasteiger partial charge in [-0.25, -0.2) is 0 Å². The van der Waals surface area contributed by atoms with Gasteiger partial charge in [-0.3, -0.25) is 4.79 Å². The number of amides is 1. The fourth-order valence-electron chi connectivity index (χ4n) is 6.20. The van der Waals surface area contributed by atoms with Crippen molar-refractivity contribution >= 4 is 5.91 Å². The molecule has 2 unspecified atom stereocenters. The van der Waals surface area contributed by atoms with Crippen molar-refractivity contribution in [2.45, 2.75) is 64.1 Å². The number of aliphatic hydroxyl groups is 1. The highest BCUT2D eigenvalue weighted by Crippen LogP contribution is 2.61. The summed E-state index contributed by atoms with van der Waals surface area (Å²) >= 11 is 0. The van der Waals surface area contributed by atoms with E-state index in [0.717, 1.165) is 23.3 Å². The number of aliphatic hydroxyl groups excluding tert-OH is 1. The number of nitrogens with one attached hydrogen (secondary N) is 1. The van der Waals surface area contributed by atoms with Gasteiger partial charge in [0.25, 0.3) is 0 Å². The number of nitrogens with two attached hydrogens (primary N) is 1. The molecule has 0 radical (unpaired) electrons. The van der Waals surface area contributed by atoms with Crippen LogP contribution in [0.2, 0.25) is 0 Å². The molecule has 4 bridgehead atoms. The van der Waals surface area contributed by atoms with Gasteiger partial charge in [0.15, 0.2) is 0 Å². The summed E-state index contributed by atoms with van der Waals surface area (Å²) in [6, 6.07) is 7.48. The Kier molecular flexibility index (Phi) is 4.37. The van der Waals surface area contributed by atoms with Gasteiger partial charge in [0.1, 0.15) is 6.23 Å². The first-order valence-electron chi connectivity index (χ1n) is 9.75. The summed E-state index contributed by atoms with van der Waals surface area (Å²) in [5, 5.41) is 12.6. The van der Waals surface area contributed by atoms with E-state index in [0.29, 0.717) is 12.0 Å². The molecule has 4 saturated carbocycles. The maximum absolute atomic E-state index is 12.7. The average Bonchev–Trinajstić information content (AvgIpc) is 2.52. The van der Waals surface area contributed by atoms with Gasteiger partial charge in [-0.05, 0) is 79.7 Å². The summed E-state index contributed by atoms with van der Waals surface area (Å²) < 4.78 is 0. The molecule has 4 heteroatoms. The molecule has 4 aliphatic rings. The van der Waals surface area contributed by atoms with Gasteiger partial charge in [-0.1, -0.05) is 24.3 Å². The molecule has 0 heterocycles. The molecular formula is C21H30N2O2. The monoisotopic (exact) mass is 342 g/mol. The number of hydrogen-bond acceptors (Lipinski definition) is 3. The molecular weight excluding hydrogens is 312 g/mol. The lowest BCUT2D eigenvalue weighted by Crippen LogP contribution is -2.48. The lowest BCUT2D eigenvalue weighted by molar-refractivity contribution is -0.130. The molecule has 25 heavy (non-hydrogen) atoms. The van der Waals surface area contributed by atoms with E-state index in [1.165, 1.54) is 38.5 Å². The van der Waals surface area contributed by atoms with Crippen LogP contribution in [0.4, 0.5) is 0 Å². The molecule has 0 aromatic heterocycles. The second-order valence-electron chi connectivity index (χ2n) is 9.00. The molecule has 2 atom stereocenters. The topological polar surface area (TPSA) is 75.4 Å². The predicted octanol–water partition coefficient (Wildman–Crippen LogP) is 3.42. The molecule has 4 fully saturated rings. The minimum atomic E-state index is -0.949. The summed E-state index contributed by atoms with van der Waals surface area (Å²) in [4.78, 5) is 12.7. The van der Waals surface area contributed by atoms with E-state index in [1.807, 2.05) is 31.2 Å². The van der Waals surface area contributed by atoms with Gasteiger partial charge in [-0.2, -0.15) is 0 Å². The summed E-state index contributed by atoms with van der Waals surface area (Å²) in [7, 11) is 0. The van der Waals surface area contributed by atoms with Crippen LogP contribution in [0.15, 0.2) is 24.3 Å². The number of rotatable bonds is 5. The fraction of sp³-hybridized carbons (Fsp3) is 0.667. The normalized spacial score (nSPS) is 35.4. The van der Waals surface area contributed by atoms with E-state index in [2.05, 4.69) is 5.32 Å². The third-order valence-corrected chi connectivity index (χ3v) is 6.86. The summed E-state index contributed by atoms with van der Waals surface area (Å²) in [6.45, 7) is 2.02. The van der Waals surface area contributed by atoms with Crippen molar-refractivity contribution in [2.75, 3.05) is 0 Å². The lowest BCUT2D eigenvalue weighted by atomic mass is 9.49. The van der Waals surface area contributed by atoms with Crippen molar-refractivity contribution in [1.82, 2.24) is 5.32 Å². The van der Waals surface area contributed by atoms with E-state index in [9.17, 15) is 9.90 Å². The van der Waals surface area contributed by atoms with E-state index >= 15 is 0 Å². The summed E-state index contributed by atoms with van der Waals surface area (Å²) in [5.41, 5.74) is 7.49. The molecule has 4 N–H and O–H groups in total. The van der Waals surface area contributed by atoms with Gasteiger partial charge < -0.3 is 16.2 Å². The number of benzene rings is 1. The van der Waals surface area contributed by atoms with Crippen molar-refractivity contribution in [3.05, 3.63) is 35.4 Å². The zero-order valence-corrected chi connectivity index (χ0v) is 15.1. The number of carbonyl (C=O) groups is 1. The maximum atomic E-state index is 12.7. The van der Waals surface area contributed by atoms with Crippen molar-refractivity contribution in [3.63, 3.8) is 0 Å². The van der Waals surface area contributed by atoms with Gasteiger partial charge >= 0.3 is 0 Å². The van der Waals surface area contributed by atoms with Crippen LogP contribution in [0.25, 0.3) is 0 Å².